The van der Waals surface area contributed by atoms with Crippen LogP contribution in [0.25, 0.3) is 11.0 Å². The largest absolute Gasteiger partial charge is 0.458 e. The van der Waals surface area contributed by atoms with Gasteiger partial charge in [0.2, 0.25) is 0 Å². The number of benzene rings is 1. The van der Waals surface area contributed by atoms with E-state index in [-0.39, 0.29) is 6.04 Å². The van der Waals surface area contributed by atoms with Crippen molar-refractivity contribution in [2.75, 3.05) is 0 Å². The van der Waals surface area contributed by atoms with Crippen molar-refractivity contribution in [3.05, 3.63) is 64.6 Å². The molecular weight excluding hydrogens is 318 g/mol. The fourth-order valence-corrected chi connectivity index (χ4v) is 2.65. The molecule has 4 nitrogen and oxygen atoms in total. The molecule has 0 fully saturated rings. The Labute approximate surface area is 125 Å². The molecule has 1 aromatic carbocycles. The number of nitrogens with one attached hydrogen (secondary N) is 1. The van der Waals surface area contributed by atoms with Crippen LogP contribution in [0.3, 0.4) is 0 Å². The molecule has 20 heavy (non-hydrogen) atoms. The summed E-state index contributed by atoms with van der Waals surface area (Å²) in [5.74, 6) is 6.47. The summed E-state index contributed by atoms with van der Waals surface area (Å²) in [6.45, 7) is 0. The third-order valence-electron chi connectivity index (χ3n) is 3.20. The van der Waals surface area contributed by atoms with Gasteiger partial charge in [0.15, 0.2) is 0 Å². The average Bonchev–Trinajstić information content (AvgIpc) is 2.91. The zero-order valence-corrected chi connectivity index (χ0v) is 12.3. The highest BCUT2D eigenvalue weighted by Crippen LogP contribution is 2.30. The van der Waals surface area contributed by atoms with Gasteiger partial charge in [-0.2, -0.15) is 0 Å². The average molecular weight is 332 g/mol. The summed E-state index contributed by atoms with van der Waals surface area (Å²) in [6, 6.07) is 13.7. The summed E-state index contributed by atoms with van der Waals surface area (Å²) in [4.78, 5) is 4.32. The zero-order valence-electron chi connectivity index (χ0n) is 10.7. The van der Waals surface area contributed by atoms with E-state index >= 15 is 0 Å². The molecule has 0 saturated carbocycles. The molecule has 3 aromatic rings. The molecule has 0 spiro atoms. The van der Waals surface area contributed by atoms with Gasteiger partial charge in [-0.1, -0.05) is 18.2 Å². The van der Waals surface area contributed by atoms with Gasteiger partial charge in [-0.3, -0.25) is 10.8 Å². The molecular formula is C15H14BrN3O. The number of fused-ring (bicyclic) bond motifs is 1. The Morgan fingerprint density at radius 1 is 1.25 bits per heavy atom. The molecule has 0 aliphatic carbocycles. The summed E-state index contributed by atoms with van der Waals surface area (Å²) in [5, 5.41) is 1.05. The first-order chi connectivity index (χ1) is 9.78. The molecule has 2 aromatic heterocycles. The predicted octanol–water partition coefficient (Wildman–Crippen LogP) is 3.34. The van der Waals surface area contributed by atoms with Gasteiger partial charge in [-0.15, -0.1) is 0 Å². The summed E-state index contributed by atoms with van der Waals surface area (Å²) in [5.41, 5.74) is 4.60. The van der Waals surface area contributed by atoms with Crippen LogP contribution in [-0.4, -0.2) is 4.98 Å². The van der Waals surface area contributed by atoms with Crippen LogP contribution in [0.1, 0.15) is 17.5 Å². The number of hydrogen-bond donors (Lipinski definition) is 2. The van der Waals surface area contributed by atoms with E-state index in [1.165, 1.54) is 0 Å². The smallest absolute Gasteiger partial charge is 0.148 e. The van der Waals surface area contributed by atoms with E-state index in [0.29, 0.717) is 6.42 Å². The first-order valence-electron chi connectivity index (χ1n) is 6.32. The van der Waals surface area contributed by atoms with E-state index in [2.05, 4.69) is 26.3 Å². The van der Waals surface area contributed by atoms with Crippen molar-refractivity contribution < 1.29 is 4.42 Å². The highest BCUT2D eigenvalue weighted by molar-refractivity contribution is 9.10. The van der Waals surface area contributed by atoms with Gasteiger partial charge >= 0.3 is 0 Å². The van der Waals surface area contributed by atoms with Crippen LogP contribution >= 0.6 is 15.9 Å². The normalized spacial score (nSPS) is 12.7. The van der Waals surface area contributed by atoms with Crippen LogP contribution in [0.15, 0.2) is 57.6 Å². The first kappa shape index (κ1) is 13.3. The number of halogens is 1. The standard InChI is InChI=1S/C15H14BrN3O/c16-12-6-3-4-10-8-14(20-15(10)12)13(19-17)9-11-5-1-2-7-18-11/h1-8,13,19H,9,17H2. The molecule has 0 bridgehead atoms. The van der Waals surface area contributed by atoms with Crippen LogP contribution in [0.4, 0.5) is 0 Å². The quantitative estimate of drug-likeness (QED) is 0.568. The minimum absolute atomic E-state index is 0.107. The highest BCUT2D eigenvalue weighted by atomic mass is 79.9. The Morgan fingerprint density at radius 2 is 2.15 bits per heavy atom. The minimum Gasteiger partial charge on any atom is -0.458 e. The van der Waals surface area contributed by atoms with Crippen molar-refractivity contribution in [2.24, 2.45) is 5.84 Å². The lowest BCUT2D eigenvalue weighted by Crippen LogP contribution is -2.29. The van der Waals surface area contributed by atoms with Crippen molar-refractivity contribution in [3.8, 4) is 0 Å². The van der Waals surface area contributed by atoms with Crippen molar-refractivity contribution in [3.63, 3.8) is 0 Å². The summed E-state index contributed by atoms with van der Waals surface area (Å²) in [6.07, 6.45) is 2.45. The Kier molecular flexibility index (Phi) is 3.82. The number of hydrogen-bond acceptors (Lipinski definition) is 4. The molecule has 0 aliphatic rings. The second kappa shape index (κ2) is 5.75. The van der Waals surface area contributed by atoms with Gasteiger partial charge in [0.25, 0.3) is 0 Å². The number of nitrogens with zero attached hydrogens (tertiary/aromatic N) is 1. The Balaban J connectivity index is 1.93. The molecule has 0 amide bonds. The minimum atomic E-state index is -0.107. The lowest BCUT2D eigenvalue weighted by Gasteiger charge is -2.12. The van der Waals surface area contributed by atoms with Crippen LogP contribution in [0.5, 0.6) is 0 Å². The van der Waals surface area contributed by atoms with Crippen LogP contribution in [0, 0.1) is 0 Å². The van der Waals surface area contributed by atoms with Crippen LogP contribution < -0.4 is 11.3 Å². The second-order valence-corrected chi connectivity index (χ2v) is 5.41. The zero-order chi connectivity index (χ0) is 13.9. The van der Waals surface area contributed by atoms with E-state index in [4.69, 9.17) is 10.3 Å². The number of nitrogens with two attached hydrogens (primary N) is 1. The van der Waals surface area contributed by atoms with Crippen LogP contribution in [0.2, 0.25) is 0 Å². The molecule has 3 rings (SSSR count). The SMILES string of the molecule is NNC(Cc1ccccn1)c1cc2cccc(Br)c2o1. The number of para-hydroxylation sites is 1. The van der Waals surface area contributed by atoms with Crippen molar-refractivity contribution in [1.82, 2.24) is 10.4 Å². The summed E-state index contributed by atoms with van der Waals surface area (Å²) in [7, 11) is 0. The van der Waals surface area contributed by atoms with Crippen molar-refractivity contribution >= 4 is 26.9 Å². The number of rotatable bonds is 4. The van der Waals surface area contributed by atoms with Gasteiger partial charge < -0.3 is 4.42 Å². The van der Waals surface area contributed by atoms with Gasteiger partial charge in [-0.05, 0) is 40.2 Å². The van der Waals surface area contributed by atoms with E-state index in [9.17, 15) is 0 Å². The summed E-state index contributed by atoms with van der Waals surface area (Å²) >= 11 is 3.49. The number of pyridine rings is 1. The molecule has 5 heteroatoms. The van der Waals surface area contributed by atoms with Crippen molar-refractivity contribution in [2.45, 2.75) is 12.5 Å². The fraction of sp³-hybridized carbons (Fsp3) is 0.133. The number of hydrazine groups is 1. The molecule has 0 radical (unpaired) electrons. The third kappa shape index (κ3) is 2.60. The van der Waals surface area contributed by atoms with Gasteiger partial charge in [0, 0.05) is 23.7 Å². The van der Waals surface area contributed by atoms with Gasteiger partial charge in [-0.25, -0.2) is 5.43 Å². The monoisotopic (exact) mass is 331 g/mol. The Morgan fingerprint density at radius 3 is 2.85 bits per heavy atom. The van der Waals surface area contributed by atoms with Gasteiger partial charge in [0.1, 0.15) is 11.3 Å². The van der Waals surface area contributed by atoms with Crippen molar-refractivity contribution in [1.29, 1.82) is 0 Å². The first-order valence-corrected chi connectivity index (χ1v) is 7.11. The molecule has 3 N–H and O–H groups in total. The van der Waals surface area contributed by atoms with Crippen LogP contribution in [-0.2, 0) is 6.42 Å². The van der Waals surface area contributed by atoms with E-state index in [1.807, 2.05) is 42.5 Å². The summed E-state index contributed by atoms with van der Waals surface area (Å²) < 4.78 is 6.85. The predicted molar refractivity (Wildman–Crippen MR) is 81.9 cm³/mol. The fourth-order valence-electron chi connectivity index (χ4n) is 2.19. The lowest BCUT2D eigenvalue weighted by molar-refractivity contribution is 0.431. The van der Waals surface area contributed by atoms with E-state index in [0.717, 1.165) is 26.9 Å². The maximum Gasteiger partial charge on any atom is 0.148 e. The molecule has 0 aliphatic heterocycles. The van der Waals surface area contributed by atoms with E-state index < -0.39 is 0 Å². The molecule has 1 atom stereocenters. The third-order valence-corrected chi connectivity index (χ3v) is 3.82. The highest BCUT2D eigenvalue weighted by Gasteiger charge is 2.17. The lowest BCUT2D eigenvalue weighted by atomic mass is 10.1. The molecule has 0 saturated heterocycles. The molecule has 102 valence electrons. The maximum atomic E-state index is 5.91. The topological polar surface area (TPSA) is 64.1 Å². The number of aromatic nitrogens is 1. The molecule has 2 heterocycles. The second-order valence-electron chi connectivity index (χ2n) is 4.55. The maximum absolute atomic E-state index is 5.91. The Bertz CT molecular complexity index is 711. The van der Waals surface area contributed by atoms with Gasteiger partial charge in [0.05, 0.1) is 10.5 Å². The number of furan rings is 1. The Hall–Kier alpha value is -1.69. The molecule has 1 unspecified atom stereocenters. The van der Waals surface area contributed by atoms with E-state index in [1.54, 1.807) is 6.20 Å².